The number of piperazine rings is 12. The van der Waals surface area contributed by atoms with Gasteiger partial charge in [-0.15, -0.1) is 0 Å². The molecule has 12 rings (SSSR count). The Morgan fingerprint density at radius 1 is 0.137 bits per heavy atom. The average Bonchev–Trinajstić information content (AvgIpc) is 0.914. The molecule has 0 aromatic carbocycles. The van der Waals surface area contributed by atoms with Crippen molar-refractivity contribution in [2.75, 3.05) is 438 Å². The number of carbonyl (C=O) groups is 6. The molecule has 0 N–H and O–H groups in total. The summed E-state index contributed by atoms with van der Waals surface area (Å²) in [4.78, 5) is 126. The first-order valence-electron chi connectivity index (χ1n) is 39.1. The predicted octanol–water partition coefficient (Wildman–Crippen LogP) is -5.95. The second kappa shape index (κ2) is 45.7. The highest BCUT2D eigenvalue weighted by Crippen LogP contribution is 2.11. The Morgan fingerprint density at radius 3 is 0.304 bits per heavy atom. The average molecular weight is 1440 g/mol. The standard InChI is InChI=1S/6C12H24N4O/c6*1-13-3-7-15(8-4-13)11-12(17)16-9-5-14(2)6-10-16/h6*3-11H2,1-2H3. The van der Waals surface area contributed by atoms with Crippen molar-refractivity contribution in [2.45, 2.75) is 0 Å². The summed E-state index contributed by atoms with van der Waals surface area (Å²) in [5.74, 6) is 1.85. The van der Waals surface area contributed by atoms with Gasteiger partial charge in [0.2, 0.25) is 35.4 Å². The molecule has 0 atom stereocenters. The Hall–Kier alpha value is -3.90. The lowest BCUT2D eigenvalue weighted by molar-refractivity contribution is -0.135. The van der Waals surface area contributed by atoms with Gasteiger partial charge in [0, 0.05) is 314 Å². The van der Waals surface area contributed by atoms with E-state index in [4.69, 9.17) is 0 Å². The maximum atomic E-state index is 12.1. The van der Waals surface area contributed by atoms with E-state index in [0.717, 1.165) is 314 Å². The summed E-state index contributed by atoms with van der Waals surface area (Å²) < 4.78 is 0. The van der Waals surface area contributed by atoms with Crippen LogP contribution in [0.1, 0.15) is 0 Å². The second-order valence-electron chi connectivity index (χ2n) is 31.6. The molecule has 0 aromatic rings. The minimum atomic E-state index is 0.308. The summed E-state index contributed by atoms with van der Waals surface area (Å²) in [6.07, 6.45) is 0. The van der Waals surface area contributed by atoms with E-state index in [1.54, 1.807) is 0 Å². The normalized spacial score (nSPS) is 25.2. The summed E-state index contributed by atoms with van der Waals surface area (Å²) in [5, 5.41) is 0. The summed E-state index contributed by atoms with van der Waals surface area (Å²) in [7, 11) is 25.5. The molecule has 12 fully saturated rings. The van der Waals surface area contributed by atoms with Crippen LogP contribution >= 0.6 is 0 Å². The number of hydrogen-bond acceptors (Lipinski definition) is 24. The van der Waals surface area contributed by atoms with Crippen molar-refractivity contribution < 1.29 is 28.8 Å². The van der Waals surface area contributed by atoms with Crippen molar-refractivity contribution in [1.82, 2.24) is 118 Å². The minimum absolute atomic E-state index is 0.308. The van der Waals surface area contributed by atoms with Gasteiger partial charge in [0.15, 0.2) is 0 Å². The molecule has 12 heterocycles. The van der Waals surface area contributed by atoms with E-state index in [2.05, 4.69) is 173 Å². The first-order chi connectivity index (χ1) is 48.9. The van der Waals surface area contributed by atoms with Crippen LogP contribution in [0.15, 0.2) is 0 Å². The molecule has 588 valence electrons. The van der Waals surface area contributed by atoms with Crippen LogP contribution in [0, 0.1) is 0 Å². The Bertz CT molecular complexity index is 1950. The third-order valence-corrected chi connectivity index (χ3v) is 22.9. The summed E-state index contributed by atoms with van der Waals surface area (Å²) >= 11 is 0. The van der Waals surface area contributed by atoms with Crippen molar-refractivity contribution in [3.8, 4) is 0 Å². The monoisotopic (exact) mass is 1440 g/mol. The smallest absolute Gasteiger partial charge is 0.236 e. The van der Waals surface area contributed by atoms with Gasteiger partial charge in [0.1, 0.15) is 0 Å². The van der Waals surface area contributed by atoms with E-state index in [-0.39, 0.29) is 0 Å². The van der Waals surface area contributed by atoms with E-state index in [9.17, 15) is 28.8 Å². The third-order valence-electron chi connectivity index (χ3n) is 22.9. The number of carbonyl (C=O) groups excluding carboxylic acids is 6. The summed E-state index contributed by atoms with van der Waals surface area (Å²) in [6.45, 7) is 51.7. The number of rotatable bonds is 12. The molecule has 0 saturated carbocycles. The first-order valence-corrected chi connectivity index (χ1v) is 39.1. The van der Waals surface area contributed by atoms with E-state index < -0.39 is 0 Å². The molecule has 6 amide bonds. The second-order valence-corrected chi connectivity index (χ2v) is 31.6. The topological polar surface area (TPSA) is 180 Å². The number of nitrogens with zero attached hydrogens (tertiary/aromatic N) is 24. The van der Waals surface area contributed by atoms with E-state index in [1.807, 2.05) is 29.4 Å². The van der Waals surface area contributed by atoms with Gasteiger partial charge < -0.3 is 88.2 Å². The molecule has 30 nitrogen and oxygen atoms in total. The van der Waals surface area contributed by atoms with Crippen LogP contribution in [-0.2, 0) is 28.8 Å². The van der Waals surface area contributed by atoms with Crippen LogP contribution < -0.4 is 0 Å². The lowest BCUT2D eigenvalue weighted by atomic mass is 10.3. The lowest BCUT2D eigenvalue weighted by Gasteiger charge is -2.36. The highest BCUT2D eigenvalue weighted by Gasteiger charge is 2.30. The van der Waals surface area contributed by atoms with Gasteiger partial charge in [0.25, 0.3) is 0 Å². The molecule has 12 aliphatic rings. The molecule has 0 bridgehead atoms. The van der Waals surface area contributed by atoms with Gasteiger partial charge in [-0.25, -0.2) is 0 Å². The van der Waals surface area contributed by atoms with Gasteiger partial charge in [-0.2, -0.15) is 0 Å². The Balaban J connectivity index is 0.000000172. The predicted molar refractivity (Wildman–Crippen MR) is 408 cm³/mol. The number of hydrogen-bond donors (Lipinski definition) is 0. The van der Waals surface area contributed by atoms with Crippen LogP contribution in [0.3, 0.4) is 0 Å². The molecule has 102 heavy (non-hydrogen) atoms. The SMILES string of the molecule is CN1CCN(CC(=O)N2CCN(C)CC2)CC1.CN1CCN(CC(=O)N2CCN(C)CC2)CC1.CN1CCN(CC(=O)N2CCN(C)CC2)CC1.CN1CCN(CC(=O)N2CCN(C)CC2)CC1.CN1CCN(CC(=O)N2CCN(C)CC2)CC1.CN1CCN(CC(=O)N2CCN(C)CC2)CC1. The zero-order chi connectivity index (χ0) is 73.5. The largest absolute Gasteiger partial charge is 0.339 e. The van der Waals surface area contributed by atoms with Crippen molar-refractivity contribution in [3.63, 3.8) is 0 Å². The quantitative estimate of drug-likeness (QED) is 0.180. The maximum absolute atomic E-state index is 12.1. The Morgan fingerprint density at radius 2 is 0.216 bits per heavy atom. The molecule has 12 aliphatic heterocycles. The molecular weight excluding hydrogens is 1300 g/mol. The molecule has 0 radical (unpaired) electrons. The molecule has 30 heteroatoms. The first kappa shape index (κ1) is 85.4. The number of likely N-dealkylation sites (N-methyl/N-ethyl adjacent to an activating group) is 12. The van der Waals surface area contributed by atoms with Gasteiger partial charge in [-0.05, 0) is 84.6 Å². The summed E-state index contributed by atoms with van der Waals surface area (Å²) in [5.41, 5.74) is 0. The molecule has 0 unspecified atom stereocenters. The Labute approximate surface area is 617 Å². The fourth-order valence-corrected chi connectivity index (χ4v) is 14.1. The van der Waals surface area contributed by atoms with Gasteiger partial charge in [0.05, 0.1) is 39.3 Å². The van der Waals surface area contributed by atoms with Crippen LogP contribution in [0.5, 0.6) is 0 Å². The van der Waals surface area contributed by atoms with Crippen LogP contribution in [0.4, 0.5) is 0 Å². The van der Waals surface area contributed by atoms with Gasteiger partial charge in [-0.3, -0.25) is 58.2 Å². The molecule has 12 saturated heterocycles. The zero-order valence-corrected chi connectivity index (χ0v) is 66.4. The van der Waals surface area contributed by atoms with Crippen LogP contribution in [-0.4, -0.2) is 591 Å². The molecular formula is C72H144N24O6. The number of amides is 6. The molecule has 0 aromatic heterocycles. The van der Waals surface area contributed by atoms with E-state index >= 15 is 0 Å². The zero-order valence-electron chi connectivity index (χ0n) is 66.4. The maximum Gasteiger partial charge on any atom is 0.236 e. The molecule has 0 spiro atoms. The highest BCUT2D eigenvalue weighted by molar-refractivity contribution is 5.80. The van der Waals surface area contributed by atoms with Crippen molar-refractivity contribution in [1.29, 1.82) is 0 Å². The summed E-state index contributed by atoms with van der Waals surface area (Å²) in [6, 6.07) is 0. The fourth-order valence-electron chi connectivity index (χ4n) is 14.1. The van der Waals surface area contributed by atoms with Gasteiger partial charge >= 0.3 is 0 Å². The van der Waals surface area contributed by atoms with E-state index in [1.165, 1.54) is 0 Å². The molecule has 0 aliphatic carbocycles. The van der Waals surface area contributed by atoms with Crippen molar-refractivity contribution in [2.24, 2.45) is 0 Å². The van der Waals surface area contributed by atoms with Crippen molar-refractivity contribution >= 4 is 35.4 Å². The highest BCUT2D eigenvalue weighted by atomic mass is 16.2. The van der Waals surface area contributed by atoms with Crippen molar-refractivity contribution in [3.05, 3.63) is 0 Å². The lowest BCUT2D eigenvalue weighted by Crippen LogP contribution is -2.52. The van der Waals surface area contributed by atoms with Crippen LogP contribution in [0.25, 0.3) is 0 Å². The fraction of sp³-hybridized carbons (Fsp3) is 0.917. The third kappa shape index (κ3) is 32.3. The van der Waals surface area contributed by atoms with Gasteiger partial charge in [-0.1, -0.05) is 0 Å². The van der Waals surface area contributed by atoms with Crippen LogP contribution in [0.2, 0.25) is 0 Å². The van der Waals surface area contributed by atoms with E-state index in [0.29, 0.717) is 74.7 Å². The Kier molecular flexibility index (Phi) is 38.2. The minimum Gasteiger partial charge on any atom is -0.339 e.